The number of hydrogen-bond donors (Lipinski definition) is 4. The SMILES string of the molecule is O=C(O)CC(C(=O)O)C(O)C(=O)O.[H-].[K+]. The molecule has 0 saturated heterocycles. The molecule has 0 aromatic carbocycles. The largest absolute Gasteiger partial charge is 1.00 e. The fraction of sp³-hybridized carbons (Fsp3) is 0.500. The van der Waals surface area contributed by atoms with E-state index in [9.17, 15) is 14.4 Å². The van der Waals surface area contributed by atoms with E-state index < -0.39 is 36.4 Å². The van der Waals surface area contributed by atoms with Gasteiger partial charge >= 0.3 is 69.3 Å². The Morgan fingerprint density at radius 3 is 1.71 bits per heavy atom. The van der Waals surface area contributed by atoms with Crippen molar-refractivity contribution in [3.63, 3.8) is 0 Å². The van der Waals surface area contributed by atoms with E-state index in [1.807, 2.05) is 0 Å². The van der Waals surface area contributed by atoms with Crippen LogP contribution in [0.3, 0.4) is 0 Å². The molecule has 0 aliphatic carbocycles. The minimum Gasteiger partial charge on any atom is -1.00 e. The van der Waals surface area contributed by atoms with E-state index in [2.05, 4.69) is 0 Å². The van der Waals surface area contributed by atoms with E-state index in [0.717, 1.165) is 0 Å². The molecule has 2 unspecified atom stereocenters. The maximum atomic E-state index is 10.3. The van der Waals surface area contributed by atoms with Gasteiger partial charge in [0.2, 0.25) is 0 Å². The van der Waals surface area contributed by atoms with Gasteiger partial charge in [0, 0.05) is 0 Å². The molecular formula is C6H9KO7. The summed E-state index contributed by atoms with van der Waals surface area (Å²) in [4.78, 5) is 30.5. The van der Waals surface area contributed by atoms with Crippen LogP contribution in [0.25, 0.3) is 0 Å². The van der Waals surface area contributed by atoms with Gasteiger partial charge in [-0.2, -0.15) is 0 Å². The summed E-state index contributed by atoms with van der Waals surface area (Å²) < 4.78 is 0. The molecule has 0 fully saturated rings. The summed E-state index contributed by atoms with van der Waals surface area (Å²) >= 11 is 0. The first kappa shape index (κ1) is 16.4. The quantitative estimate of drug-likeness (QED) is 0.353. The summed E-state index contributed by atoms with van der Waals surface area (Å²) in [5.41, 5.74) is 0. The van der Waals surface area contributed by atoms with Gasteiger partial charge in [-0.15, -0.1) is 0 Å². The molecule has 4 N–H and O–H groups in total. The monoisotopic (exact) mass is 232 g/mol. The van der Waals surface area contributed by atoms with Gasteiger partial charge in [0.25, 0.3) is 0 Å². The molecule has 2 atom stereocenters. The van der Waals surface area contributed by atoms with E-state index in [4.69, 9.17) is 20.4 Å². The molecule has 0 radical (unpaired) electrons. The average Bonchev–Trinajstić information content (AvgIpc) is 1.97. The number of rotatable bonds is 5. The predicted octanol–water partition coefficient (Wildman–Crippen LogP) is -4.28. The van der Waals surface area contributed by atoms with Crippen molar-refractivity contribution in [3.8, 4) is 0 Å². The van der Waals surface area contributed by atoms with E-state index in [-0.39, 0.29) is 52.8 Å². The van der Waals surface area contributed by atoms with Gasteiger partial charge in [-0.1, -0.05) is 0 Å². The van der Waals surface area contributed by atoms with E-state index >= 15 is 0 Å². The Balaban J connectivity index is -0.000000720. The molecule has 0 amide bonds. The van der Waals surface area contributed by atoms with Crippen LogP contribution in [0.1, 0.15) is 7.85 Å². The van der Waals surface area contributed by atoms with Crippen molar-refractivity contribution in [2.75, 3.05) is 0 Å². The zero-order valence-corrected chi connectivity index (χ0v) is 10.5. The Kier molecular flexibility index (Phi) is 8.59. The van der Waals surface area contributed by atoms with E-state index in [1.54, 1.807) is 0 Å². The van der Waals surface area contributed by atoms with Crippen molar-refractivity contribution >= 4 is 17.9 Å². The smallest absolute Gasteiger partial charge is 1.00 e. The standard InChI is InChI=1S/C6H8O7.K.H/c7-3(8)1-2(5(10)11)4(9)6(12)13;;/h2,4,9H,1H2,(H,7,8)(H,10,11)(H,12,13);;/q;+1;-1. The van der Waals surface area contributed by atoms with Crippen molar-refractivity contribution in [1.82, 2.24) is 0 Å². The van der Waals surface area contributed by atoms with Crippen molar-refractivity contribution in [2.24, 2.45) is 5.92 Å². The molecule has 0 aliphatic heterocycles. The minimum atomic E-state index is -2.20. The Hall–Kier alpha value is 0.00636. The van der Waals surface area contributed by atoms with Gasteiger partial charge in [0.15, 0.2) is 6.10 Å². The molecule has 0 aromatic heterocycles. The zero-order valence-electron chi connectivity index (χ0n) is 8.38. The Labute approximate surface area is 123 Å². The topological polar surface area (TPSA) is 132 Å². The summed E-state index contributed by atoms with van der Waals surface area (Å²) in [6, 6.07) is 0. The summed E-state index contributed by atoms with van der Waals surface area (Å²) in [6.07, 6.45) is -3.13. The predicted molar refractivity (Wildman–Crippen MR) is 38.1 cm³/mol. The van der Waals surface area contributed by atoms with E-state index in [0.29, 0.717) is 0 Å². The summed E-state index contributed by atoms with van der Waals surface area (Å²) in [5, 5.41) is 33.5. The minimum absolute atomic E-state index is 0. The van der Waals surface area contributed by atoms with Crippen LogP contribution in [0.4, 0.5) is 0 Å². The molecule has 0 saturated carbocycles. The van der Waals surface area contributed by atoms with Crippen molar-refractivity contribution in [2.45, 2.75) is 12.5 Å². The normalized spacial score (nSPS) is 13.5. The number of hydrogen-bond acceptors (Lipinski definition) is 4. The third-order valence-corrected chi connectivity index (χ3v) is 1.35. The van der Waals surface area contributed by atoms with Gasteiger partial charge in [-0.25, -0.2) is 4.79 Å². The van der Waals surface area contributed by atoms with Gasteiger partial charge in [0.1, 0.15) is 5.92 Å². The molecule has 0 aliphatic rings. The number of aliphatic hydroxyl groups is 1. The van der Waals surface area contributed by atoms with Crippen LogP contribution in [0.2, 0.25) is 0 Å². The summed E-state index contributed by atoms with van der Waals surface area (Å²) in [7, 11) is 0. The van der Waals surface area contributed by atoms with Crippen molar-refractivity contribution < 1.29 is 87.6 Å². The molecule has 0 rings (SSSR count). The number of carbonyl (C=O) groups is 3. The van der Waals surface area contributed by atoms with Crippen LogP contribution < -0.4 is 51.4 Å². The zero-order chi connectivity index (χ0) is 10.6. The summed E-state index contributed by atoms with van der Waals surface area (Å²) in [6.45, 7) is 0. The third kappa shape index (κ3) is 5.68. The first-order valence-corrected chi connectivity index (χ1v) is 3.21. The maximum Gasteiger partial charge on any atom is 1.00 e. The molecule has 0 spiro atoms. The van der Waals surface area contributed by atoms with Gasteiger partial charge < -0.3 is 21.9 Å². The fourth-order valence-corrected chi connectivity index (χ4v) is 0.694. The van der Waals surface area contributed by atoms with Crippen molar-refractivity contribution in [3.05, 3.63) is 0 Å². The van der Waals surface area contributed by atoms with E-state index in [1.165, 1.54) is 0 Å². The molecule has 14 heavy (non-hydrogen) atoms. The Bertz CT molecular complexity index is 244. The second-order valence-corrected chi connectivity index (χ2v) is 2.33. The molecule has 7 nitrogen and oxygen atoms in total. The molecule has 0 aromatic rings. The molecule has 8 heteroatoms. The van der Waals surface area contributed by atoms with Crippen LogP contribution >= 0.6 is 0 Å². The maximum absolute atomic E-state index is 10.3. The van der Waals surface area contributed by atoms with Crippen LogP contribution in [-0.4, -0.2) is 44.4 Å². The second-order valence-electron chi connectivity index (χ2n) is 2.33. The fourth-order valence-electron chi connectivity index (χ4n) is 0.694. The number of carboxylic acids is 3. The molecule has 0 heterocycles. The number of carboxylic acid groups (broad SMARTS) is 3. The number of aliphatic carboxylic acids is 3. The average molecular weight is 232 g/mol. The van der Waals surface area contributed by atoms with Gasteiger partial charge in [-0.05, 0) is 0 Å². The molecule has 76 valence electrons. The van der Waals surface area contributed by atoms with Crippen LogP contribution in [0.15, 0.2) is 0 Å². The Morgan fingerprint density at radius 2 is 1.50 bits per heavy atom. The van der Waals surface area contributed by atoms with Gasteiger partial charge in [-0.3, -0.25) is 9.59 Å². The summed E-state index contributed by atoms with van der Waals surface area (Å²) in [5.74, 6) is -6.71. The van der Waals surface area contributed by atoms with Crippen LogP contribution in [0.5, 0.6) is 0 Å². The third-order valence-electron chi connectivity index (χ3n) is 1.35. The first-order chi connectivity index (χ1) is 5.86. The van der Waals surface area contributed by atoms with Gasteiger partial charge in [0.05, 0.1) is 6.42 Å². The number of aliphatic hydroxyl groups excluding tert-OH is 1. The van der Waals surface area contributed by atoms with Crippen LogP contribution in [-0.2, 0) is 14.4 Å². The first-order valence-electron chi connectivity index (χ1n) is 3.21. The van der Waals surface area contributed by atoms with Crippen LogP contribution in [0, 0.1) is 5.92 Å². The second kappa shape index (κ2) is 7.32. The Morgan fingerprint density at radius 1 is 1.07 bits per heavy atom. The molecular weight excluding hydrogens is 223 g/mol. The van der Waals surface area contributed by atoms with Crippen molar-refractivity contribution in [1.29, 1.82) is 0 Å². The molecule has 0 bridgehead atoms.